The molecule has 1 N–H and O–H groups in total. The summed E-state index contributed by atoms with van der Waals surface area (Å²) in [7, 11) is 0. The van der Waals surface area contributed by atoms with Gasteiger partial charge in [-0.15, -0.1) is 0 Å². The van der Waals surface area contributed by atoms with Gasteiger partial charge in [0, 0.05) is 11.8 Å². The molecular weight excluding hydrogens is 396 g/mol. The van der Waals surface area contributed by atoms with Gasteiger partial charge in [-0.05, 0) is 55.8 Å². The van der Waals surface area contributed by atoms with E-state index in [2.05, 4.69) is 10.1 Å². The molecule has 0 aliphatic rings. The molecule has 0 saturated heterocycles. The lowest BCUT2D eigenvalue weighted by atomic mass is 10.2. The number of nitrogens with one attached hydrogen (secondary N) is 1. The smallest absolute Gasteiger partial charge is 0.387 e. The third-order valence-electron chi connectivity index (χ3n) is 3.97. The molecule has 3 aromatic rings. The summed E-state index contributed by atoms with van der Waals surface area (Å²) in [6, 6.07) is 14.9. The molecule has 30 heavy (non-hydrogen) atoms. The van der Waals surface area contributed by atoms with Crippen LogP contribution in [0.4, 0.5) is 14.5 Å². The Bertz CT molecular complexity index is 1000. The second-order valence-electron chi connectivity index (χ2n) is 6.30. The zero-order valence-corrected chi connectivity index (χ0v) is 16.5. The van der Waals surface area contributed by atoms with Crippen molar-refractivity contribution in [3.63, 3.8) is 0 Å². The molecule has 0 radical (unpaired) electrons. The molecule has 0 aliphatic heterocycles. The van der Waals surface area contributed by atoms with Crippen LogP contribution in [0.25, 0.3) is 0 Å². The number of amides is 1. The Balaban J connectivity index is 1.64. The highest BCUT2D eigenvalue weighted by atomic mass is 19.3. The number of benzene rings is 2. The standard InChI is InChI=1S/C22H21F2NO5/c1-3-27-20-12-15(7-9-18(20)30-22(23)24)25-21(26)19-10-8-17(29-19)13-28-16-6-4-5-14(2)11-16/h4-12,22H,3,13H2,1-2H3,(H,25,26). The van der Waals surface area contributed by atoms with Crippen LogP contribution < -0.4 is 19.5 Å². The maximum absolute atomic E-state index is 12.5. The third kappa shape index (κ3) is 5.73. The highest BCUT2D eigenvalue weighted by molar-refractivity contribution is 6.02. The van der Waals surface area contributed by atoms with Gasteiger partial charge < -0.3 is 23.9 Å². The van der Waals surface area contributed by atoms with Crippen LogP contribution in [0.1, 0.15) is 28.8 Å². The Morgan fingerprint density at radius 3 is 2.63 bits per heavy atom. The minimum atomic E-state index is -2.98. The highest BCUT2D eigenvalue weighted by Gasteiger charge is 2.15. The number of alkyl halides is 2. The highest BCUT2D eigenvalue weighted by Crippen LogP contribution is 2.32. The Kier molecular flexibility index (Phi) is 6.90. The molecule has 0 atom stereocenters. The monoisotopic (exact) mass is 417 g/mol. The van der Waals surface area contributed by atoms with Gasteiger partial charge in [-0.25, -0.2) is 0 Å². The Morgan fingerprint density at radius 2 is 1.90 bits per heavy atom. The van der Waals surface area contributed by atoms with Crippen LogP contribution in [0.3, 0.4) is 0 Å². The number of anilines is 1. The molecule has 1 heterocycles. The molecule has 0 aliphatic carbocycles. The van der Waals surface area contributed by atoms with Crippen molar-refractivity contribution in [1.29, 1.82) is 0 Å². The number of ether oxygens (including phenoxy) is 3. The predicted octanol–water partition coefficient (Wildman–Crippen LogP) is 5.42. The van der Waals surface area contributed by atoms with Crippen LogP contribution in [-0.2, 0) is 6.61 Å². The van der Waals surface area contributed by atoms with E-state index in [0.717, 1.165) is 5.56 Å². The lowest BCUT2D eigenvalue weighted by molar-refractivity contribution is -0.0514. The van der Waals surface area contributed by atoms with Crippen LogP contribution in [-0.4, -0.2) is 19.1 Å². The molecule has 1 aromatic heterocycles. The Morgan fingerprint density at radius 1 is 1.07 bits per heavy atom. The van der Waals surface area contributed by atoms with E-state index in [1.54, 1.807) is 13.0 Å². The van der Waals surface area contributed by atoms with Crippen molar-refractivity contribution in [2.75, 3.05) is 11.9 Å². The summed E-state index contributed by atoms with van der Waals surface area (Å²) in [5.74, 6) is 0.760. The summed E-state index contributed by atoms with van der Waals surface area (Å²) >= 11 is 0. The summed E-state index contributed by atoms with van der Waals surface area (Å²) in [5, 5.41) is 2.64. The van der Waals surface area contributed by atoms with E-state index in [1.807, 2.05) is 31.2 Å². The molecule has 158 valence electrons. The Hall–Kier alpha value is -3.55. The predicted molar refractivity (Wildman–Crippen MR) is 106 cm³/mol. The van der Waals surface area contributed by atoms with Gasteiger partial charge in [0.15, 0.2) is 17.3 Å². The minimum Gasteiger partial charge on any atom is -0.490 e. The molecule has 2 aromatic carbocycles. The SMILES string of the molecule is CCOc1cc(NC(=O)c2ccc(COc3cccc(C)c3)o2)ccc1OC(F)F. The normalized spacial score (nSPS) is 10.7. The minimum absolute atomic E-state index is 0.0868. The number of aryl methyl sites for hydroxylation is 1. The Labute approximate surface area is 172 Å². The first kappa shape index (κ1) is 21.2. The lowest BCUT2D eigenvalue weighted by Crippen LogP contribution is -2.11. The van der Waals surface area contributed by atoms with Crippen LogP contribution in [0.5, 0.6) is 17.2 Å². The van der Waals surface area contributed by atoms with Crippen LogP contribution in [0, 0.1) is 6.92 Å². The van der Waals surface area contributed by atoms with Gasteiger partial charge in [0.2, 0.25) is 0 Å². The number of carbonyl (C=O) groups excluding carboxylic acids is 1. The van der Waals surface area contributed by atoms with E-state index in [1.165, 1.54) is 24.3 Å². The molecule has 8 heteroatoms. The molecule has 3 rings (SSSR count). The van der Waals surface area contributed by atoms with Crippen molar-refractivity contribution in [2.45, 2.75) is 27.1 Å². The first-order valence-electron chi connectivity index (χ1n) is 9.25. The first-order valence-corrected chi connectivity index (χ1v) is 9.25. The molecule has 0 unspecified atom stereocenters. The van der Waals surface area contributed by atoms with Crippen LogP contribution in [0.2, 0.25) is 0 Å². The van der Waals surface area contributed by atoms with Gasteiger partial charge in [-0.1, -0.05) is 12.1 Å². The zero-order chi connectivity index (χ0) is 21.5. The second-order valence-corrected chi connectivity index (χ2v) is 6.30. The molecule has 1 amide bonds. The number of hydrogen-bond acceptors (Lipinski definition) is 5. The second kappa shape index (κ2) is 9.78. The number of rotatable bonds is 9. The first-order chi connectivity index (χ1) is 14.4. The van der Waals surface area contributed by atoms with Gasteiger partial charge in [-0.2, -0.15) is 8.78 Å². The average Bonchev–Trinajstić information content (AvgIpc) is 3.18. The lowest BCUT2D eigenvalue weighted by Gasteiger charge is -2.13. The van der Waals surface area contributed by atoms with E-state index >= 15 is 0 Å². The van der Waals surface area contributed by atoms with E-state index in [9.17, 15) is 13.6 Å². The van der Waals surface area contributed by atoms with E-state index in [4.69, 9.17) is 13.9 Å². The van der Waals surface area contributed by atoms with Gasteiger partial charge in [0.05, 0.1) is 6.61 Å². The number of halogens is 2. The summed E-state index contributed by atoms with van der Waals surface area (Å²) in [5.41, 5.74) is 1.42. The van der Waals surface area contributed by atoms with Crippen LogP contribution >= 0.6 is 0 Å². The molecule has 0 saturated carbocycles. The number of carbonyl (C=O) groups is 1. The fourth-order valence-electron chi connectivity index (χ4n) is 2.68. The largest absolute Gasteiger partial charge is 0.490 e. The van der Waals surface area contributed by atoms with Gasteiger partial charge in [-0.3, -0.25) is 4.79 Å². The fraction of sp³-hybridized carbons (Fsp3) is 0.227. The van der Waals surface area contributed by atoms with Gasteiger partial charge >= 0.3 is 6.61 Å². The quantitative estimate of drug-likeness (QED) is 0.503. The molecular formula is C22H21F2NO5. The molecule has 6 nitrogen and oxygen atoms in total. The summed E-state index contributed by atoms with van der Waals surface area (Å²) in [6.07, 6.45) is 0. The van der Waals surface area contributed by atoms with E-state index < -0.39 is 12.5 Å². The van der Waals surface area contributed by atoms with Gasteiger partial charge in [0.1, 0.15) is 18.1 Å². The van der Waals surface area contributed by atoms with Crippen LogP contribution in [0.15, 0.2) is 59.0 Å². The summed E-state index contributed by atoms with van der Waals surface area (Å²) < 4.78 is 45.9. The van der Waals surface area contributed by atoms with E-state index in [-0.39, 0.29) is 30.5 Å². The van der Waals surface area contributed by atoms with Gasteiger partial charge in [0.25, 0.3) is 5.91 Å². The zero-order valence-electron chi connectivity index (χ0n) is 16.5. The van der Waals surface area contributed by atoms with Crippen molar-refractivity contribution in [3.8, 4) is 17.2 Å². The molecule has 0 spiro atoms. The topological polar surface area (TPSA) is 69.9 Å². The van der Waals surface area contributed by atoms with Crippen molar-refractivity contribution in [1.82, 2.24) is 0 Å². The van der Waals surface area contributed by atoms with E-state index in [0.29, 0.717) is 17.2 Å². The maximum atomic E-state index is 12.5. The molecule has 0 fully saturated rings. The summed E-state index contributed by atoms with van der Waals surface area (Å²) in [4.78, 5) is 12.4. The van der Waals surface area contributed by atoms with Crippen molar-refractivity contribution < 1.29 is 32.2 Å². The maximum Gasteiger partial charge on any atom is 0.387 e. The third-order valence-corrected chi connectivity index (χ3v) is 3.97. The fourth-order valence-corrected chi connectivity index (χ4v) is 2.68. The van der Waals surface area contributed by atoms with Crippen molar-refractivity contribution in [2.24, 2.45) is 0 Å². The number of furan rings is 1. The van der Waals surface area contributed by atoms with Crippen molar-refractivity contribution >= 4 is 11.6 Å². The average molecular weight is 417 g/mol. The van der Waals surface area contributed by atoms with Crippen molar-refractivity contribution in [3.05, 3.63) is 71.7 Å². The summed E-state index contributed by atoms with van der Waals surface area (Å²) in [6.45, 7) is 1.12. The number of hydrogen-bond donors (Lipinski definition) is 1. The molecule has 0 bridgehead atoms.